The molecule has 3 aromatic carbocycles. The summed E-state index contributed by atoms with van der Waals surface area (Å²) in [7, 11) is 0. The zero-order valence-corrected chi connectivity index (χ0v) is 17.4. The van der Waals surface area contributed by atoms with Crippen LogP contribution in [0.1, 0.15) is 36.1 Å². The molecule has 0 saturated heterocycles. The molecule has 4 heteroatoms. The van der Waals surface area contributed by atoms with Gasteiger partial charge < -0.3 is 0 Å². The van der Waals surface area contributed by atoms with Crippen LogP contribution in [0.2, 0.25) is 5.02 Å². The second-order valence-electron chi connectivity index (χ2n) is 6.69. The first-order valence-electron chi connectivity index (χ1n) is 9.11. The lowest BCUT2D eigenvalue weighted by Crippen LogP contribution is -2.18. The molecule has 3 aromatic rings. The molecule has 1 unspecified atom stereocenters. The molecule has 1 aliphatic heterocycles. The van der Waals surface area contributed by atoms with Crippen molar-refractivity contribution < 1.29 is 0 Å². The fourth-order valence-electron chi connectivity index (χ4n) is 3.39. The van der Waals surface area contributed by atoms with Gasteiger partial charge in [0.1, 0.15) is 0 Å². The number of halogens is 2. The lowest BCUT2D eigenvalue weighted by Gasteiger charge is -2.24. The van der Waals surface area contributed by atoms with E-state index in [9.17, 15) is 0 Å². The molecule has 0 bridgehead atoms. The van der Waals surface area contributed by atoms with Crippen LogP contribution < -0.4 is 5.01 Å². The summed E-state index contributed by atoms with van der Waals surface area (Å²) >= 11 is 9.61. The van der Waals surface area contributed by atoms with Gasteiger partial charge in [0.25, 0.3) is 0 Å². The van der Waals surface area contributed by atoms with E-state index < -0.39 is 0 Å². The van der Waals surface area contributed by atoms with Gasteiger partial charge in [-0.15, -0.1) is 0 Å². The van der Waals surface area contributed by atoms with Crippen LogP contribution in [0.4, 0.5) is 5.69 Å². The Bertz CT molecular complexity index is 947. The van der Waals surface area contributed by atoms with Gasteiger partial charge in [-0.1, -0.05) is 70.9 Å². The highest BCUT2D eigenvalue weighted by molar-refractivity contribution is 9.10. The van der Waals surface area contributed by atoms with Crippen molar-refractivity contribution in [1.82, 2.24) is 0 Å². The number of hydrogen-bond acceptors (Lipinski definition) is 2. The normalized spacial score (nSPS) is 16.5. The maximum Gasteiger partial charge on any atom is 0.0831 e. The summed E-state index contributed by atoms with van der Waals surface area (Å²) in [4.78, 5) is 0. The van der Waals surface area contributed by atoms with Crippen molar-refractivity contribution in [3.63, 3.8) is 0 Å². The molecule has 0 aliphatic carbocycles. The Kier molecular flexibility index (Phi) is 5.33. The molecule has 0 aromatic heterocycles. The number of nitrogens with zero attached hydrogens (tertiary/aromatic N) is 2. The highest BCUT2D eigenvalue weighted by Crippen LogP contribution is 2.37. The average Bonchev–Trinajstić information content (AvgIpc) is 3.14. The van der Waals surface area contributed by atoms with Gasteiger partial charge in [0.2, 0.25) is 0 Å². The van der Waals surface area contributed by atoms with E-state index in [1.165, 1.54) is 11.1 Å². The third-order valence-corrected chi connectivity index (χ3v) is 5.73. The summed E-state index contributed by atoms with van der Waals surface area (Å²) < 4.78 is 1.08. The third kappa shape index (κ3) is 3.95. The van der Waals surface area contributed by atoms with E-state index >= 15 is 0 Å². The molecule has 0 N–H and O–H groups in total. The number of aryl methyl sites for hydroxylation is 1. The Morgan fingerprint density at radius 2 is 1.63 bits per heavy atom. The SMILES string of the molecule is CCc1ccc(N2N=C(c3ccc(Br)cc3)CC2c2ccc(Cl)cc2)cc1. The summed E-state index contributed by atoms with van der Waals surface area (Å²) in [5.74, 6) is 0. The summed E-state index contributed by atoms with van der Waals surface area (Å²) in [6, 6.07) is 25.3. The average molecular weight is 440 g/mol. The van der Waals surface area contributed by atoms with Crippen LogP contribution in [0.25, 0.3) is 0 Å². The van der Waals surface area contributed by atoms with Crippen LogP contribution in [0.3, 0.4) is 0 Å². The molecular weight excluding hydrogens is 420 g/mol. The van der Waals surface area contributed by atoms with Crippen molar-refractivity contribution in [3.8, 4) is 0 Å². The van der Waals surface area contributed by atoms with Gasteiger partial charge in [0, 0.05) is 15.9 Å². The Morgan fingerprint density at radius 3 is 2.26 bits per heavy atom. The molecule has 136 valence electrons. The minimum absolute atomic E-state index is 0.161. The number of rotatable bonds is 4. The predicted octanol–water partition coefficient (Wildman–Crippen LogP) is 7.02. The van der Waals surface area contributed by atoms with Crippen molar-refractivity contribution in [3.05, 3.63) is 99.0 Å². The van der Waals surface area contributed by atoms with Crippen LogP contribution in [0.15, 0.2) is 82.4 Å². The smallest absolute Gasteiger partial charge is 0.0831 e. The van der Waals surface area contributed by atoms with Crippen LogP contribution in [-0.4, -0.2) is 5.71 Å². The first-order valence-corrected chi connectivity index (χ1v) is 10.3. The predicted molar refractivity (Wildman–Crippen MR) is 118 cm³/mol. The molecule has 0 saturated carbocycles. The Labute approximate surface area is 173 Å². The van der Waals surface area contributed by atoms with Crippen molar-refractivity contribution in [1.29, 1.82) is 0 Å². The minimum Gasteiger partial charge on any atom is -0.257 e. The first-order chi connectivity index (χ1) is 13.1. The number of benzene rings is 3. The van der Waals surface area contributed by atoms with Crippen molar-refractivity contribution in [2.45, 2.75) is 25.8 Å². The van der Waals surface area contributed by atoms with Gasteiger partial charge in [-0.05, 0) is 59.5 Å². The fourth-order valence-corrected chi connectivity index (χ4v) is 3.78. The molecule has 27 heavy (non-hydrogen) atoms. The topological polar surface area (TPSA) is 15.6 Å². The van der Waals surface area contributed by atoms with Crippen molar-refractivity contribution in [2.24, 2.45) is 5.10 Å². The standard InChI is InChI=1S/C23H20BrClN2/c1-2-16-3-13-21(14-4-16)27-23(18-7-11-20(25)12-8-18)15-22(26-27)17-5-9-19(24)10-6-17/h3-14,23H,2,15H2,1H3. The van der Waals surface area contributed by atoms with Crippen LogP contribution in [0, 0.1) is 0 Å². The van der Waals surface area contributed by atoms with Gasteiger partial charge in [-0.2, -0.15) is 5.10 Å². The number of hydrogen-bond donors (Lipinski definition) is 0. The Morgan fingerprint density at radius 1 is 0.963 bits per heavy atom. The van der Waals surface area contributed by atoms with E-state index in [2.05, 4.69) is 88.5 Å². The lowest BCUT2D eigenvalue weighted by atomic mass is 9.98. The second-order valence-corrected chi connectivity index (χ2v) is 8.04. The number of anilines is 1. The summed E-state index contributed by atoms with van der Waals surface area (Å²) in [5.41, 5.74) is 5.92. The quantitative estimate of drug-likeness (QED) is 0.426. The zero-order valence-electron chi connectivity index (χ0n) is 15.1. The van der Waals surface area contributed by atoms with Crippen molar-refractivity contribution in [2.75, 3.05) is 5.01 Å². The molecule has 2 nitrogen and oxygen atoms in total. The van der Waals surface area contributed by atoms with Gasteiger partial charge in [0.05, 0.1) is 17.4 Å². The van der Waals surface area contributed by atoms with Gasteiger partial charge in [0.15, 0.2) is 0 Å². The van der Waals surface area contributed by atoms with Crippen molar-refractivity contribution >= 4 is 38.9 Å². The van der Waals surface area contributed by atoms with E-state index in [0.29, 0.717) is 0 Å². The van der Waals surface area contributed by atoms with E-state index in [0.717, 1.165) is 39.3 Å². The number of hydrazone groups is 1. The summed E-state index contributed by atoms with van der Waals surface area (Å²) in [6.07, 6.45) is 1.90. The summed E-state index contributed by atoms with van der Waals surface area (Å²) in [6.45, 7) is 2.17. The molecule has 4 rings (SSSR count). The molecule has 0 fully saturated rings. The Hall–Kier alpha value is -2.10. The molecule has 1 atom stereocenters. The Balaban J connectivity index is 1.72. The van der Waals surface area contributed by atoms with Crippen LogP contribution in [0.5, 0.6) is 0 Å². The maximum atomic E-state index is 6.10. The highest BCUT2D eigenvalue weighted by atomic mass is 79.9. The zero-order chi connectivity index (χ0) is 18.8. The molecule has 1 aliphatic rings. The van der Waals surface area contributed by atoms with E-state index in [-0.39, 0.29) is 6.04 Å². The fraction of sp³-hybridized carbons (Fsp3) is 0.174. The van der Waals surface area contributed by atoms with Gasteiger partial charge in [-0.3, -0.25) is 5.01 Å². The maximum absolute atomic E-state index is 6.10. The molecule has 1 heterocycles. The third-order valence-electron chi connectivity index (χ3n) is 4.95. The molecular formula is C23H20BrClN2. The largest absolute Gasteiger partial charge is 0.257 e. The molecule has 0 spiro atoms. The van der Waals surface area contributed by atoms with Gasteiger partial charge in [-0.25, -0.2) is 0 Å². The molecule has 0 radical (unpaired) electrons. The summed E-state index contributed by atoms with van der Waals surface area (Å²) in [5, 5.41) is 7.89. The van der Waals surface area contributed by atoms with Crippen LogP contribution in [-0.2, 0) is 6.42 Å². The lowest BCUT2D eigenvalue weighted by molar-refractivity contribution is 0.709. The van der Waals surface area contributed by atoms with E-state index in [1.807, 2.05) is 12.1 Å². The van der Waals surface area contributed by atoms with E-state index in [4.69, 9.17) is 16.7 Å². The molecule has 0 amide bonds. The minimum atomic E-state index is 0.161. The second kappa shape index (κ2) is 7.87. The first kappa shape index (κ1) is 18.3. The van der Waals surface area contributed by atoms with E-state index in [1.54, 1.807) is 0 Å². The monoisotopic (exact) mass is 438 g/mol. The van der Waals surface area contributed by atoms with Crippen LogP contribution >= 0.6 is 27.5 Å². The highest BCUT2D eigenvalue weighted by Gasteiger charge is 2.29. The van der Waals surface area contributed by atoms with Gasteiger partial charge >= 0.3 is 0 Å².